The van der Waals surface area contributed by atoms with Gasteiger partial charge in [-0.25, -0.2) is 0 Å². The molecule has 0 radical (unpaired) electrons. The molecule has 31 heavy (non-hydrogen) atoms. The molecule has 0 aromatic heterocycles. The van der Waals surface area contributed by atoms with E-state index in [1.165, 1.54) is 0 Å². The summed E-state index contributed by atoms with van der Waals surface area (Å²) in [5.74, 6) is -2.25. The van der Waals surface area contributed by atoms with Crippen LogP contribution >= 0.6 is 0 Å². The van der Waals surface area contributed by atoms with E-state index in [2.05, 4.69) is 13.8 Å². The number of ketones is 2. The van der Waals surface area contributed by atoms with E-state index in [1.54, 1.807) is 19.1 Å². The second kappa shape index (κ2) is 7.09. The summed E-state index contributed by atoms with van der Waals surface area (Å²) in [4.78, 5) is 36.0. The fraction of sp³-hybridized carbons (Fsp3) is 0.708. The van der Waals surface area contributed by atoms with Crippen LogP contribution in [-0.2, 0) is 14.4 Å². The molecule has 3 fully saturated rings. The van der Waals surface area contributed by atoms with Crippen molar-refractivity contribution in [2.75, 3.05) is 0 Å². The lowest BCUT2D eigenvalue weighted by molar-refractivity contribution is -0.185. The topological polar surface area (TPSA) is 132 Å². The van der Waals surface area contributed by atoms with Crippen LogP contribution in [0.1, 0.15) is 52.9 Å². The fourth-order valence-electron chi connectivity index (χ4n) is 7.69. The maximum absolute atomic E-state index is 13.0. The summed E-state index contributed by atoms with van der Waals surface area (Å²) in [5.41, 5.74) is -2.28. The molecule has 7 heteroatoms. The zero-order valence-electron chi connectivity index (χ0n) is 18.2. The summed E-state index contributed by atoms with van der Waals surface area (Å²) in [6.07, 6.45) is 3.46. The molecule has 3 saturated carbocycles. The second-order valence-electron chi connectivity index (χ2n) is 10.6. The van der Waals surface area contributed by atoms with Crippen molar-refractivity contribution in [1.82, 2.24) is 0 Å². The Morgan fingerprint density at radius 3 is 2.61 bits per heavy atom. The van der Waals surface area contributed by atoms with Crippen molar-refractivity contribution in [3.8, 4) is 0 Å². The molecule has 0 spiro atoms. The Bertz CT molecular complexity index is 890. The number of hydrogen-bond acceptors (Lipinski definition) is 6. The van der Waals surface area contributed by atoms with Crippen LogP contribution in [0.25, 0.3) is 0 Å². The zero-order chi connectivity index (χ0) is 22.9. The van der Waals surface area contributed by atoms with Crippen molar-refractivity contribution in [3.05, 3.63) is 23.8 Å². The van der Waals surface area contributed by atoms with Gasteiger partial charge in [-0.15, -0.1) is 0 Å². The molecule has 0 amide bonds. The molecule has 0 aromatic rings. The van der Waals surface area contributed by atoms with Gasteiger partial charge in [0.1, 0.15) is 11.7 Å². The van der Waals surface area contributed by atoms with Gasteiger partial charge in [-0.2, -0.15) is 0 Å². The number of carbonyl (C=O) groups is 3. The number of allylic oxidation sites excluding steroid dienone is 4. The van der Waals surface area contributed by atoms with E-state index in [1.807, 2.05) is 6.08 Å². The second-order valence-corrected chi connectivity index (χ2v) is 10.6. The number of Topliss-reactive ketones (excluding diaryl/α,β-unsaturated/α-hetero) is 1. The molecule has 4 aliphatic rings. The molecule has 4 rings (SSSR count). The molecule has 7 nitrogen and oxygen atoms in total. The van der Waals surface area contributed by atoms with Gasteiger partial charge in [0.25, 0.3) is 0 Å². The standard InChI is InChI=1S/C24H32O7/c1-12-8-14-15-5-7-24(31,21(30)17(26)10-19(28)29)23(15,3)11-18(27)20(14)22(2)6-4-13(25)9-16(12)22/h4,6,9,12,14-15,17-18,20,26-27,31H,5,7-8,10-11H2,1-3H3,(H,28,29)/t12-,14-,15-,17?,18-,20+,22-,23-,24-/m0/s1. The molecule has 0 heterocycles. The number of rotatable bonds is 4. The Labute approximate surface area is 181 Å². The highest BCUT2D eigenvalue weighted by atomic mass is 16.4. The lowest BCUT2D eigenvalue weighted by atomic mass is 9.44. The van der Waals surface area contributed by atoms with Crippen molar-refractivity contribution in [1.29, 1.82) is 0 Å². The van der Waals surface area contributed by atoms with E-state index in [0.29, 0.717) is 6.42 Å². The Hall–Kier alpha value is -1.83. The first kappa shape index (κ1) is 22.4. The smallest absolute Gasteiger partial charge is 0.306 e. The number of carboxylic acids is 1. The largest absolute Gasteiger partial charge is 0.481 e. The summed E-state index contributed by atoms with van der Waals surface area (Å²) in [6.45, 7) is 5.94. The first-order valence-corrected chi connectivity index (χ1v) is 11.1. The number of aliphatic carboxylic acids is 1. The van der Waals surface area contributed by atoms with E-state index >= 15 is 0 Å². The first-order chi connectivity index (χ1) is 14.3. The number of carbonyl (C=O) groups excluding carboxylic acids is 2. The summed E-state index contributed by atoms with van der Waals surface area (Å²) in [7, 11) is 0. The normalized spacial score (nSPS) is 47.1. The van der Waals surface area contributed by atoms with Crippen LogP contribution in [0.3, 0.4) is 0 Å². The highest BCUT2D eigenvalue weighted by Crippen LogP contribution is 2.67. The molecule has 170 valence electrons. The van der Waals surface area contributed by atoms with Gasteiger partial charge in [-0.3, -0.25) is 14.4 Å². The zero-order valence-corrected chi connectivity index (χ0v) is 18.2. The van der Waals surface area contributed by atoms with Crippen LogP contribution < -0.4 is 0 Å². The first-order valence-electron chi connectivity index (χ1n) is 11.1. The van der Waals surface area contributed by atoms with Crippen LogP contribution in [0.5, 0.6) is 0 Å². The summed E-state index contributed by atoms with van der Waals surface area (Å²) >= 11 is 0. The number of carboxylic acid groups (broad SMARTS) is 1. The maximum Gasteiger partial charge on any atom is 0.306 e. The van der Waals surface area contributed by atoms with Crippen molar-refractivity contribution in [2.45, 2.75) is 70.7 Å². The molecule has 0 aliphatic heterocycles. The van der Waals surface area contributed by atoms with Gasteiger partial charge in [0.05, 0.1) is 12.5 Å². The van der Waals surface area contributed by atoms with E-state index in [-0.39, 0.29) is 42.3 Å². The third kappa shape index (κ3) is 3.00. The molecular formula is C24H32O7. The van der Waals surface area contributed by atoms with Crippen LogP contribution in [-0.4, -0.2) is 55.8 Å². The predicted molar refractivity (Wildman–Crippen MR) is 111 cm³/mol. The van der Waals surface area contributed by atoms with Gasteiger partial charge in [0.15, 0.2) is 11.6 Å². The van der Waals surface area contributed by atoms with E-state index in [9.17, 15) is 29.7 Å². The molecular weight excluding hydrogens is 400 g/mol. The van der Waals surface area contributed by atoms with Crippen molar-refractivity contribution >= 4 is 17.5 Å². The maximum atomic E-state index is 13.0. The Morgan fingerprint density at radius 2 is 1.97 bits per heavy atom. The van der Waals surface area contributed by atoms with Gasteiger partial charge in [-0.1, -0.05) is 32.4 Å². The molecule has 0 aromatic carbocycles. The van der Waals surface area contributed by atoms with Crippen molar-refractivity contribution < 1.29 is 34.8 Å². The summed E-state index contributed by atoms with van der Waals surface area (Å²) < 4.78 is 0. The minimum absolute atomic E-state index is 0.0298. The van der Waals surface area contributed by atoms with Crippen LogP contribution in [0.4, 0.5) is 0 Å². The fourth-order valence-corrected chi connectivity index (χ4v) is 7.69. The minimum Gasteiger partial charge on any atom is -0.481 e. The van der Waals surface area contributed by atoms with Crippen LogP contribution in [0, 0.1) is 34.5 Å². The average molecular weight is 433 g/mol. The lowest BCUT2D eigenvalue weighted by Crippen LogP contribution is -2.63. The predicted octanol–water partition coefficient (Wildman–Crippen LogP) is 1.65. The van der Waals surface area contributed by atoms with Crippen LogP contribution in [0.2, 0.25) is 0 Å². The molecule has 4 N–H and O–H groups in total. The number of hydrogen-bond donors (Lipinski definition) is 4. The number of aliphatic hydroxyl groups excluding tert-OH is 2. The van der Waals surface area contributed by atoms with Crippen molar-refractivity contribution in [2.24, 2.45) is 34.5 Å². The van der Waals surface area contributed by atoms with Gasteiger partial charge in [-0.05, 0) is 55.6 Å². The Balaban J connectivity index is 1.71. The Morgan fingerprint density at radius 1 is 1.29 bits per heavy atom. The number of aliphatic hydroxyl groups is 3. The monoisotopic (exact) mass is 432 g/mol. The third-order valence-electron chi connectivity index (χ3n) is 9.05. The minimum atomic E-state index is -1.88. The van der Waals surface area contributed by atoms with Crippen molar-refractivity contribution in [3.63, 3.8) is 0 Å². The quantitative estimate of drug-likeness (QED) is 0.531. The van der Waals surface area contributed by atoms with Gasteiger partial charge < -0.3 is 20.4 Å². The molecule has 0 saturated heterocycles. The number of fused-ring (bicyclic) bond motifs is 5. The SMILES string of the molecule is C[C@H]1C[C@@H]2[C@H]([C@@H](O)C[C@@]3(C)[C@H]2CC[C@]3(O)C(=O)C(O)CC(=O)O)[C@@]2(C)C=CC(=O)C=C12. The Kier molecular flexibility index (Phi) is 5.11. The molecule has 1 unspecified atom stereocenters. The van der Waals surface area contributed by atoms with Gasteiger partial charge >= 0.3 is 5.97 Å². The van der Waals surface area contributed by atoms with E-state index < -0.39 is 46.8 Å². The summed E-state index contributed by atoms with van der Waals surface area (Å²) in [5, 5.41) is 42.0. The molecule has 0 bridgehead atoms. The molecule has 4 aliphatic carbocycles. The van der Waals surface area contributed by atoms with Crippen LogP contribution in [0.15, 0.2) is 23.8 Å². The molecule has 9 atom stereocenters. The highest BCUT2D eigenvalue weighted by Gasteiger charge is 2.69. The van der Waals surface area contributed by atoms with Gasteiger partial charge in [0, 0.05) is 16.7 Å². The third-order valence-corrected chi connectivity index (χ3v) is 9.05. The summed E-state index contributed by atoms with van der Waals surface area (Å²) in [6, 6.07) is 0. The lowest BCUT2D eigenvalue weighted by Gasteiger charge is -2.60. The van der Waals surface area contributed by atoms with E-state index in [0.717, 1.165) is 12.0 Å². The van der Waals surface area contributed by atoms with Gasteiger partial charge in [0.2, 0.25) is 0 Å². The van der Waals surface area contributed by atoms with E-state index in [4.69, 9.17) is 5.11 Å². The highest BCUT2D eigenvalue weighted by molar-refractivity contribution is 6.01. The average Bonchev–Trinajstić information content (AvgIpc) is 2.93.